The topological polar surface area (TPSA) is 45.7 Å². The van der Waals surface area contributed by atoms with E-state index in [0.29, 0.717) is 28.7 Å². The molecule has 0 fully saturated rings. The molecule has 0 saturated heterocycles. The number of carbonyl (C=O) groups is 1. The summed E-state index contributed by atoms with van der Waals surface area (Å²) in [4.78, 5) is 20.8. The summed E-state index contributed by atoms with van der Waals surface area (Å²) in [6.07, 6.45) is 0. The summed E-state index contributed by atoms with van der Waals surface area (Å²) < 4.78 is 33.6. The third-order valence-corrected chi connectivity index (χ3v) is 5.60. The summed E-state index contributed by atoms with van der Waals surface area (Å²) in [6, 6.07) is 11.1. The predicted octanol–water partition coefficient (Wildman–Crippen LogP) is 4.75. The van der Waals surface area contributed by atoms with Crippen LogP contribution in [0.3, 0.4) is 0 Å². The van der Waals surface area contributed by atoms with Gasteiger partial charge in [0, 0.05) is 19.2 Å². The number of halogens is 3. The van der Waals surface area contributed by atoms with Gasteiger partial charge in [-0.3, -0.25) is 9.69 Å². The van der Waals surface area contributed by atoms with Crippen LogP contribution in [0, 0.1) is 11.6 Å². The molecule has 0 N–H and O–H groups in total. The molecule has 0 aliphatic carbocycles. The summed E-state index contributed by atoms with van der Waals surface area (Å²) in [5, 5.41) is 0.332. The van der Waals surface area contributed by atoms with Crippen molar-refractivity contribution in [2.24, 2.45) is 0 Å². The van der Waals surface area contributed by atoms with E-state index in [9.17, 15) is 13.6 Å². The van der Waals surface area contributed by atoms with Gasteiger partial charge in [-0.1, -0.05) is 43.4 Å². The van der Waals surface area contributed by atoms with Crippen LogP contribution in [-0.2, 0) is 4.79 Å². The number of rotatable bonds is 9. The summed E-state index contributed by atoms with van der Waals surface area (Å²) >= 11 is 1.09. The molecule has 0 aliphatic heterocycles. The first-order chi connectivity index (χ1) is 14.0. The van der Waals surface area contributed by atoms with Crippen molar-refractivity contribution in [1.82, 2.24) is 9.88 Å². The van der Waals surface area contributed by atoms with Crippen LogP contribution in [0.4, 0.5) is 13.9 Å². The Morgan fingerprint density at radius 3 is 2.47 bits per heavy atom. The van der Waals surface area contributed by atoms with Gasteiger partial charge in [0.2, 0.25) is 0 Å². The molecule has 0 atom stereocenters. The Morgan fingerprint density at radius 1 is 1.10 bits per heavy atom. The van der Waals surface area contributed by atoms with E-state index in [1.54, 1.807) is 12.1 Å². The van der Waals surface area contributed by atoms with Gasteiger partial charge in [-0.05, 0) is 31.3 Å². The third-order valence-electron chi connectivity index (χ3n) is 4.57. The van der Waals surface area contributed by atoms with Crippen LogP contribution in [0.5, 0.6) is 5.75 Å². The number of hydrogen-bond donors (Lipinski definition) is 0. The van der Waals surface area contributed by atoms with Crippen LogP contribution >= 0.6 is 23.7 Å². The number of nitrogens with zero attached hydrogens (tertiary/aromatic N) is 3. The van der Waals surface area contributed by atoms with Crippen LogP contribution in [0.1, 0.15) is 13.8 Å². The van der Waals surface area contributed by atoms with Gasteiger partial charge in [-0.25, -0.2) is 13.8 Å². The maximum Gasteiger partial charge on any atom is 0.266 e. The SMILES string of the molecule is CCN(CC)CCN(C(=O)COc1ccccc1)c1nc2c(F)cc(F)cc2s1.Cl. The average Bonchev–Trinajstić information content (AvgIpc) is 3.14. The molecule has 0 radical (unpaired) electrons. The number of aromatic nitrogens is 1. The summed E-state index contributed by atoms with van der Waals surface area (Å²) in [6.45, 7) is 6.62. The van der Waals surface area contributed by atoms with Crippen molar-refractivity contribution in [3.8, 4) is 5.75 Å². The van der Waals surface area contributed by atoms with Crippen molar-refractivity contribution in [1.29, 1.82) is 0 Å². The van der Waals surface area contributed by atoms with E-state index in [-0.39, 0.29) is 30.4 Å². The highest BCUT2D eigenvalue weighted by Gasteiger charge is 2.22. The lowest BCUT2D eigenvalue weighted by Crippen LogP contribution is -2.41. The molecule has 0 unspecified atom stereocenters. The molecule has 0 bridgehead atoms. The molecular weight excluding hydrogens is 432 g/mol. The number of ether oxygens (including phenoxy) is 1. The minimum absolute atomic E-state index is 0. The number of fused-ring (bicyclic) bond motifs is 1. The highest BCUT2D eigenvalue weighted by Crippen LogP contribution is 2.31. The van der Waals surface area contributed by atoms with E-state index < -0.39 is 11.6 Å². The van der Waals surface area contributed by atoms with Gasteiger partial charge in [-0.15, -0.1) is 12.4 Å². The Bertz CT molecular complexity index is 968. The number of benzene rings is 2. The molecule has 1 aromatic heterocycles. The highest BCUT2D eigenvalue weighted by molar-refractivity contribution is 7.22. The molecule has 0 spiro atoms. The fourth-order valence-electron chi connectivity index (χ4n) is 2.91. The zero-order valence-corrected chi connectivity index (χ0v) is 18.4. The number of anilines is 1. The van der Waals surface area contributed by atoms with Crippen molar-refractivity contribution in [3.63, 3.8) is 0 Å². The Morgan fingerprint density at radius 2 is 1.80 bits per heavy atom. The number of para-hydroxylation sites is 1. The average molecular weight is 456 g/mol. The fourth-order valence-corrected chi connectivity index (χ4v) is 3.96. The Hall–Kier alpha value is -2.29. The van der Waals surface area contributed by atoms with E-state index >= 15 is 0 Å². The standard InChI is InChI=1S/C21H23F2N3O2S.ClH/c1-3-25(4-2)10-11-26(19(27)14-28-16-8-6-5-7-9-16)21-24-20-17(23)12-15(22)13-18(20)29-21;/h5-9,12-13H,3-4,10-11,14H2,1-2H3;1H. The molecular formula is C21H24ClF2N3O2S. The maximum absolute atomic E-state index is 14.1. The first-order valence-electron chi connectivity index (χ1n) is 9.48. The van der Waals surface area contributed by atoms with Crippen LogP contribution in [0.2, 0.25) is 0 Å². The lowest BCUT2D eigenvalue weighted by Gasteiger charge is -2.24. The molecule has 162 valence electrons. The van der Waals surface area contributed by atoms with Gasteiger partial charge in [-0.2, -0.15) is 0 Å². The molecule has 1 heterocycles. The number of carbonyl (C=O) groups excluding carboxylic acids is 1. The molecule has 30 heavy (non-hydrogen) atoms. The van der Waals surface area contributed by atoms with Crippen LogP contribution in [-0.4, -0.2) is 48.6 Å². The van der Waals surface area contributed by atoms with Crippen molar-refractivity contribution in [2.45, 2.75) is 13.8 Å². The number of hydrogen-bond acceptors (Lipinski definition) is 5. The second-order valence-corrected chi connectivity index (χ2v) is 7.41. The smallest absolute Gasteiger partial charge is 0.266 e. The summed E-state index contributed by atoms with van der Waals surface area (Å²) in [5.41, 5.74) is 0.0658. The summed E-state index contributed by atoms with van der Waals surface area (Å²) in [5.74, 6) is -1.11. The largest absolute Gasteiger partial charge is 0.484 e. The minimum atomic E-state index is -0.737. The van der Waals surface area contributed by atoms with Crippen molar-refractivity contribution in [3.05, 3.63) is 54.1 Å². The number of likely N-dealkylation sites (N-methyl/N-ethyl adjacent to an activating group) is 1. The molecule has 5 nitrogen and oxygen atoms in total. The Labute approximate surface area is 184 Å². The van der Waals surface area contributed by atoms with Gasteiger partial charge >= 0.3 is 0 Å². The Balaban J connectivity index is 0.00000320. The van der Waals surface area contributed by atoms with Crippen molar-refractivity contribution >= 4 is 45.0 Å². The fraction of sp³-hybridized carbons (Fsp3) is 0.333. The lowest BCUT2D eigenvalue weighted by atomic mass is 10.3. The Kier molecular flexibility index (Phi) is 8.95. The highest BCUT2D eigenvalue weighted by atomic mass is 35.5. The monoisotopic (exact) mass is 455 g/mol. The molecule has 3 rings (SSSR count). The molecule has 0 saturated carbocycles. The first kappa shape index (κ1) is 24.0. The van der Waals surface area contributed by atoms with Gasteiger partial charge in [0.25, 0.3) is 5.91 Å². The van der Waals surface area contributed by atoms with Crippen molar-refractivity contribution in [2.75, 3.05) is 37.7 Å². The minimum Gasteiger partial charge on any atom is -0.484 e. The van der Waals surface area contributed by atoms with Gasteiger partial charge in [0.15, 0.2) is 17.6 Å². The van der Waals surface area contributed by atoms with Crippen LogP contribution in [0.15, 0.2) is 42.5 Å². The van der Waals surface area contributed by atoms with Crippen LogP contribution < -0.4 is 9.64 Å². The normalized spacial score (nSPS) is 10.8. The predicted molar refractivity (Wildman–Crippen MR) is 119 cm³/mol. The molecule has 3 aromatic rings. The van der Waals surface area contributed by atoms with E-state index in [1.807, 2.05) is 32.0 Å². The third kappa shape index (κ3) is 5.87. The van der Waals surface area contributed by atoms with Crippen molar-refractivity contribution < 1.29 is 18.3 Å². The molecule has 2 aromatic carbocycles. The summed E-state index contributed by atoms with van der Waals surface area (Å²) in [7, 11) is 0. The molecule has 1 amide bonds. The zero-order valence-electron chi connectivity index (χ0n) is 16.8. The molecule has 9 heteroatoms. The van der Waals surface area contributed by atoms with Gasteiger partial charge in [0.1, 0.15) is 17.1 Å². The quantitative estimate of drug-likeness (QED) is 0.467. The first-order valence-corrected chi connectivity index (χ1v) is 10.3. The zero-order chi connectivity index (χ0) is 20.8. The van der Waals surface area contributed by atoms with E-state index in [0.717, 1.165) is 30.5 Å². The number of thiazole rings is 1. The second kappa shape index (κ2) is 11.2. The van der Waals surface area contributed by atoms with E-state index in [1.165, 1.54) is 11.0 Å². The molecule has 0 aliphatic rings. The maximum atomic E-state index is 14.1. The van der Waals surface area contributed by atoms with E-state index in [2.05, 4.69) is 9.88 Å². The second-order valence-electron chi connectivity index (χ2n) is 6.40. The van der Waals surface area contributed by atoms with Gasteiger partial charge < -0.3 is 9.64 Å². The van der Waals surface area contributed by atoms with Gasteiger partial charge in [0.05, 0.1) is 4.70 Å². The van der Waals surface area contributed by atoms with Crippen LogP contribution in [0.25, 0.3) is 10.2 Å². The van der Waals surface area contributed by atoms with E-state index in [4.69, 9.17) is 4.74 Å². The number of amides is 1. The lowest BCUT2D eigenvalue weighted by molar-refractivity contribution is -0.120.